The predicted molar refractivity (Wildman–Crippen MR) is 155 cm³/mol. The highest BCUT2D eigenvalue weighted by Gasteiger charge is 2.28. The van der Waals surface area contributed by atoms with E-state index in [0.717, 1.165) is 49.6 Å². The molecule has 0 aliphatic heterocycles. The van der Waals surface area contributed by atoms with E-state index in [1.165, 1.54) is 31.2 Å². The smallest absolute Gasteiger partial charge is 0.343 e. The van der Waals surface area contributed by atoms with E-state index in [0.29, 0.717) is 5.75 Å². The van der Waals surface area contributed by atoms with Crippen molar-refractivity contribution in [2.45, 2.75) is 26.5 Å². The molecule has 0 fully saturated rings. The fraction of sp³-hybridized carbons (Fsp3) is 0.138. The molecule has 14 heteroatoms. The van der Waals surface area contributed by atoms with Gasteiger partial charge in [0.05, 0.1) is 41.6 Å². The van der Waals surface area contributed by atoms with E-state index >= 15 is 0 Å². The number of esters is 1. The Morgan fingerprint density at radius 3 is 1.63 bits per heavy atom. The summed E-state index contributed by atoms with van der Waals surface area (Å²) in [7, 11) is -9.92. The van der Waals surface area contributed by atoms with Crippen molar-refractivity contribution in [3.05, 3.63) is 96.1 Å². The third kappa shape index (κ3) is 6.63. The number of hydrogen-bond donors (Lipinski definition) is 0. The van der Waals surface area contributed by atoms with Crippen LogP contribution in [0.5, 0.6) is 11.5 Å². The summed E-state index contributed by atoms with van der Waals surface area (Å²) in [6, 6.07) is 19.8. The highest BCUT2D eigenvalue weighted by molar-refractivity contribution is 7.91. The maximum Gasteiger partial charge on any atom is 0.343 e. The van der Waals surface area contributed by atoms with Crippen molar-refractivity contribution >= 4 is 36.0 Å². The van der Waals surface area contributed by atoms with Crippen molar-refractivity contribution in [3.63, 3.8) is 0 Å². The molecule has 43 heavy (non-hydrogen) atoms. The summed E-state index contributed by atoms with van der Waals surface area (Å²) in [5, 5.41) is 0. The molecule has 4 aromatic rings. The largest absolute Gasteiger partial charge is 0.497 e. The monoisotopic (exact) mass is 646 g/mol. The summed E-state index contributed by atoms with van der Waals surface area (Å²) >= 11 is 0. The number of sulfone groups is 1. The first-order valence-corrected chi connectivity index (χ1v) is 16.6. The maximum atomic E-state index is 13.4. The Morgan fingerprint density at radius 1 is 0.605 bits per heavy atom. The molecule has 4 rings (SSSR count). The summed E-state index contributed by atoms with van der Waals surface area (Å²) in [5.74, 6) is -0.693. The SMILES string of the molecule is COc1ccc(-c2ccc(C(=O)Oc3ccc(S(=O)(=O)c4ccc(C)c(S(=O)(=O)OC)c4)cc3S(=O)(=O)OC)cc2)cc1. The normalized spacial score (nSPS) is 12.1. The van der Waals surface area contributed by atoms with Crippen LogP contribution in [0.15, 0.2) is 105 Å². The van der Waals surface area contributed by atoms with Gasteiger partial charge in [-0.05, 0) is 78.2 Å². The first-order chi connectivity index (χ1) is 20.2. The molecule has 11 nitrogen and oxygen atoms in total. The lowest BCUT2D eigenvalue weighted by Crippen LogP contribution is -2.14. The number of methoxy groups -OCH3 is 1. The van der Waals surface area contributed by atoms with Crippen LogP contribution in [0.4, 0.5) is 0 Å². The highest BCUT2D eigenvalue weighted by Crippen LogP contribution is 2.33. The van der Waals surface area contributed by atoms with Crippen LogP contribution in [0.3, 0.4) is 0 Å². The van der Waals surface area contributed by atoms with Gasteiger partial charge in [0.15, 0.2) is 5.75 Å². The standard InChI is InChI=1S/C29H26O11S3/c1-19-5-14-24(17-27(19)42(33,34)38-3)41(31,32)25-15-16-26(28(18-25)43(35,36)39-4)40-29(30)22-8-6-20(7-9-22)21-10-12-23(37-2)13-11-21/h5-18H,1-4H3. The number of hydrogen-bond acceptors (Lipinski definition) is 11. The molecule has 4 aromatic carbocycles. The Morgan fingerprint density at radius 2 is 1.09 bits per heavy atom. The van der Waals surface area contributed by atoms with Crippen LogP contribution in [-0.2, 0) is 38.4 Å². The Balaban J connectivity index is 1.68. The van der Waals surface area contributed by atoms with Gasteiger partial charge in [-0.15, -0.1) is 0 Å². The molecule has 0 heterocycles. The average Bonchev–Trinajstić information content (AvgIpc) is 3.01. The fourth-order valence-electron chi connectivity index (χ4n) is 4.01. The summed E-state index contributed by atoms with van der Waals surface area (Å²) in [4.78, 5) is 10.9. The second-order valence-electron chi connectivity index (χ2n) is 8.98. The Bertz CT molecular complexity index is 2000. The first-order valence-electron chi connectivity index (χ1n) is 12.3. The van der Waals surface area contributed by atoms with E-state index in [-0.39, 0.29) is 16.0 Å². The summed E-state index contributed by atoms with van der Waals surface area (Å²) in [6.07, 6.45) is 0. The molecule has 0 aliphatic rings. The fourth-order valence-corrected chi connectivity index (χ4v) is 7.19. The van der Waals surface area contributed by atoms with Crippen LogP contribution in [-0.4, -0.2) is 52.6 Å². The number of aryl methyl sites for hydroxylation is 1. The van der Waals surface area contributed by atoms with Crippen molar-refractivity contribution in [3.8, 4) is 22.6 Å². The van der Waals surface area contributed by atoms with Crippen molar-refractivity contribution in [1.82, 2.24) is 0 Å². The van der Waals surface area contributed by atoms with Gasteiger partial charge in [-0.2, -0.15) is 16.8 Å². The van der Waals surface area contributed by atoms with Crippen LogP contribution >= 0.6 is 0 Å². The molecule has 226 valence electrons. The van der Waals surface area contributed by atoms with E-state index in [2.05, 4.69) is 8.37 Å². The van der Waals surface area contributed by atoms with Crippen molar-refractivity contribution < 1.29 is 47.9 Å². The van der Waals surface area contributed by atoms with Gasteiger partial charge in [0.2, 0.25) is 9.84 Å². The molecule has 0 radical (unpaired) electrons. The third-order valence-electron chi connectivity index (χ3n) is 6.42. The Labute approximate surface area is 249 Å². The van der Waals surface area contributed by atoms with Crippen LogP contribution in [0, 0.1) is 6.92 Å². The van der Waals surface area contributed by atoms with Crippen LogP contribution in [0.1, 0.15) is 15.9 Å². The average molecular weight is 647 g/mol. The van der Waals surface area contributed by atoms with Gasteiger partial charge >= 0.3 is 5.97 Å². The zero-order valence-electron chi connectivity index (χ0n) is 23.3. The molecule has 0 N–H and O–H groups in total. The van der Waals surface area contributed by atoms with E-state index in [1.807, 2.05) is 12.1 Å². The zero-order chi connectivity index (χ0) is 31.6. The lowest BCUT2D eigenvalue weighted by atomic mass is 10.0. The molecular formula is C29H26O11S3. The van der Waals surface area contributed by atoms with Crippen LogP contribution in [0.2, 0.25) is 0 Å². The van der Waals surface area contributed by atoms with Crippen molar-refractivity contribution in [1.29, 1.82) is 0 Å². The number of carbonyl (C=O) groups excluding carboxylic acids is 1. The number of rotatable bonds is 10. The molecule has 0 bridgehead atoms. The zero-order valence-corrected chi connectivity index (χ0v) is 25.7. The topological polar surface area (TPSA) is 156 Å². The van der Waals surface area contributed by atoms with E-state index in [1.54, 1.807) is 31.4 Å². The van der Waals surface area contributed by atoms with E-state index in [9.17, 15) is 30.0 Å². The minimum absolute atomic E-state index is 0.0984. The highest BCUT2D eigenvalue weighted by atomic mass is 32.2. The minimum atomic E-state index is -4.58. The van der Waals surface area contributed by atoms with Gasteiger partial charge in [-0.1, -0.05) is 30.3 Å². The maximum absolute atomic E-state index is 13.4. The molecule has 0 unspecified atom stereocenters. The minimum Gasteiger partial charge on any atom is -0.497 e. The van der Waals surface area contributed by atoms with Gasteiger partial charge in [0, 0.05) is 0 Å². The second kappa shape index (κ2) is 12.3. The number of ether oxygens (including phenoxy) is 2. The van der Waals surface area contributed by atoms with Crippen molar-refractivity contribution in [2.24, 2.45) is 0 Å². The van der Waals surface area contributed by atoms with Crippen molar-refractivity contribution in [2.75, 3.05) is 21.3 Å². The van der Waals surface area contributed by atoms with Gasteiger partial charge in [0.1, 0.15) is 10.6 Å². The first kappa shape index (κ1) is 31.8. The quantitative estimate of drug-likeness (QED) is 0.137. The summed E-state index contributed by atoms with van der Waals surface area (Å²) < 4.78 is 96.5. The number of carbonyl (C=O) groups is 1. The molecule has 0 saturated heterocycles. The van der Waals surface area contributed by atoms with Gasteiger partial charge in [0.25, 0.3) is 20.2 Å². The lowest BCUT2D eigenvalue weighted by Gasteiger charge is -2.13. The number of benzene rings is 4. The van der Waals surface area contributed by atoms with Gasteiger partial charge in [-0.25, -0.2) is 13.2 Å². The molecule has 0 amide bonds. The summed E-state index contributed by atoms with van der Waals surface area (Å²) in [6.45, 7) is 1.46. The van der Waals surface area contributed by atoms with Gasteiger partial charge < -0.3 is 9.47 Å². The Kier molecular flexibility index (Phi) is 9.08. The molecule has 0 aliphatic carbocycles. The van der Waals surface area contributed by atoms with Crippen LogP contribution < -0.4 is 9.47 Å². The lowest BCUT2D eigenvalue weighted by molar-refractivity contribution is 0.0730. The third-order valence-corrected chi connectivity index (χ3v) is 10.9. The predicted octanol–water partition coefficient (Wildman–Crippen LogP) is 4.39. The molecule has 0 saturated carbocycles. The van der Waals surface area contributed by atoms with E-state index < -0.39 is 56.5 Å². The van der Waals surface area contributed by atoms with Crippen LogP contribution in [0.25, 0.3) is 11.1 Å². The van der Waals surface area contributed by atoms with Gasteiger partial charge in [-0.3, -0.25) is 8.37 Å². The van der Waals surface area contributed by atoms with E-state index in [4.69, 9.17) is 9.47 Å². The summed E-state index contributed by atoms with van der Waals surface area (Å²) in [5.41, 5.74) is 2.00. The molecule has 0 atom stereocenters. The molecule has 0 spiro atoms. The second-order valence-corrected chi connectivity index (χ2v) is 14.3. The Hall–Kier alpha value is -4.08. The molecule has 0 aromatic heterocycles. The molecular weight excluding hydrogens is 621 g/mol.